The second-order valence-electron chi connectivity index (χ2n) is 3.44. The van der Waals surface area contributed by atoms with Crippen molar-refractivity contribution >= 4 is 5.91 Å². The number of amides is 1. The molecule has 6 heteroatoms. The van der Waals surface area contributed by atoms with Crippen molar-refractivity contribution in [1.82, 2.24) is 0 Å². The third-order valence-electron chi connectivity index (χ3n) is 2.31. The van der Waals surface area contributed by atoms with Gasteiger partial charge in [0.25, 0.3) is 0 Å². The summed E-state index contributed by atoms with van der Waals surface area (Å²) in [5, 5.41) is 19.1. The molecule has 0 aromatic heterocycles. The normalized spacial score (nSPS) is 13.9. The van der Waals surface area contributed by atoms with E-state index >= 15 is 0 Å². The second kappa shape index (κ2) is 5.51. The minimum absolute atomic E-state index is 0.285. The van der Waals surface area contributed by atoms with E-state index in [0.717, 1.165) is 0 Å². The van der Waals surface area contributed by atoms with Crippen LogP contribution in [0.1, 0.15) is 11.7 Å². The van der Waals surface area contributed by atoms with Crippen LogP contribution in [0.2, 0.25) is 0 Å². The first-order valence-corrected chi connectivity index (χ1v) is 4.88. The number of benzene rings is 1. The van der Waals surface area contributed by atoms with Crippen molar-refractivity contribution in [2.24, 2.45) is 5.73 Å². The van der Waals surface area contributed by atoms with E-state index in [1.807, 2.05) is 0 Å². The SMILES string of the molecule is COc1cc(OC)cc(C(O)C(O)C(N)=O)c1. The number of aliphatic hydroxyl groups excluding tert-OH is 2. The van der Waals surface area contributed by atoms with Crippen LogP contribution in [0.25, 0.3) is 0 Å². The van der Waals surface area contributed by atoms with Gasteiger partial charge in [-0.25, -0.2) is 0 Å². The number of primary amides is 1. The predicted octanol–water partition coefficient (Wildman–Crippen LogP) is -0.417. The molecule has 0 spiro atoms. The first-order chi connectivity index (χ1) is 7.99. The van der Waals surface area contributed by atoms with Gasteiger partial charge in [-0.3, -0.25) is 4.79 Å². The molecule has 2 atom stereocenters. The Morgan fingerprint density at radius 2 is 1.65 bits per heavy atom. The lowest BCUT2D eigenvalue weighted by atomic mass is 10.0. The summed E-state index contributed by atoms with van der Waals surface area (Å²) in [7, 11) is 2.91. The van der Waals surface area contributed by atoms with Gasteiger partial charge in [0.1, 0.15) is 17.6 Å². The van der Waals surface area contributed by atoms with Gasteiger partial charge in [0.2, 0.25) is 5.91 Å². The molecule has 0 bridgehead atoms. The van der Waals surface area contributed by atoms with Gasteiger partial charge in [-0.05, 0) is 17.7 Å². The van der Waals surface area contributed by atoms with Gasteiger partial charge in [-0.1, -0.05) is 0 Å². The molecule has 0 heterocycles. The highest BCUT2D eigenvalue weighted by Crippen LogP contribution is 2.27. The third-order valence-corrected chi connectivity index (χ3v) is 2.31. The fourth-order valence-electron chi connectivity index (χ4n) is 1.34. The van der Waals surface area contributed by atoms with Gasteiger partial charge >= 0.3 is 0 Å². The summed E-state index contributed by atoms with van der Waals surface area (Å²) in [5.74, 6) is -0.121. The van der Waals surface area contributed by atoms with Crippen LogP contribution in [-0.2, 0) is 4.79 Å². The Labute approximate surface area is 98.6 Å². The Hall–Kier alpha value is -1.79. The van der Waals surface area contributed by atoms with E-state index in [0.29, 0.717) is 11.5 Å². The molecular formula is C11H15NO5. The van der Waals surface area contributed by atoms with E-state index in [1.165, 1.54) is 26.4 Å². The number of nitrogens with two attached hydrogens (primary N) is 1. The Balaban J connectivity index is 3.07. The number of carbonyl (C=O) groups is 1. The molecule has 94 valence electrons. The van der Waals surface area contributed by atoms with E-state index in [9.17, 15) is 15.0 Å². The summed E-state index contributed by atoms with van der Waals surface area (Å²) in [5.41, 5.74) is 5.19. The van der Waals surface area contributed by atoms with Gasteiger partial charge in [0.05, 0.1) is 14.2 Å². The predicted molar refractivity (Wildman–Crippen MR) is 59.7 cm³/mol. The molecule has 0 aliphatic rings. The summed E-state index contributed by atoms with van der Waals surface area (Å²) < 4.78 is 10.00. The quantitative estimate of drug-likeness (QED) is 0.650. The van der Waals surface area contributed by atoms with Gasteiger partial charge in [0, 0.05) is 6.07 Å². The zero-order valence-electron chi connectivity index (χ0n) is 9.58. The Bertz CT molecular complexity index is 385. The summed E-state index contributed by atoms with van der Waals surface area (Å²) in [6.07, 6.45) is -3.09. The molecule has 0 aliphatic carbocycles. The van der Waals surface area contributed by atoms with Crippen molar-refractivity contribution in [3.63, 3.8) is 0 Å². The average Bonchev–Trinajstić information content (AvgIpc) is 2.35. The number of hydrogen-bond acceptors (Lipinski definition) is 5. The maximum absolute atomic E-state index is 10.8. The van der Waals surface area contributed by atoms with Crippen LogP contribution >= 0.6 is 0 Å². The smallest absolute Gasteiger partial charge is 0.249 e. The molecule has 0 radical (unpaired) electrons. The average molecular weight is 241 g/mol. The van der Waals surface area contributed by atoms with Crippen molar-refractivity contribution in [1.29, 1.82) is 0 Å². The second-order valence-corrected chi connectivity index (χ2v) is 3.44. The van der Waals surface area contributed by atoms with E-state index in [-0.39, 0.29) is 5.56 Å². The molecular weight excluding hydrogens is 226 g/mol. The lowest BCUT2D eigenvalue weighted by molar-refractivity contribution is -0.131. The van der Waals surface area contributed by atoms with Crippen molar-refractivity contribution in [2.75, 3.05) is 14.2 Å². The first-order valence-electron chi connectivity index (χ1n) is 4.88. The zero-order chi connectivity index (χ0) is 13.0. The molecule has 6 nitrogen and oxygen atoms in total. The summed E-state index contributed by atoms with van der Waals surface area (Å²) >= 11 is 0. The monoisotopic (exact) mass is 241 g/mol. The van der Waals surface area contributed by atoms with Crippen LogP contribution in [0.4, 0.5) is 0 Å². The molecule has 1 aromatic rings. The molecule has 0 saturated carbocycles. The number of rotatable bonds is 5. The standard InChI is InChI=1S/C11H15NO5/c1-16-7-3-6(4-8(5-7)17-2)9(13)10(14)11(12)15/h3-5,9-10,13-14H,1-2H3,(H2,12,15). The zero-order valence-corrected chi connectivity index (χ0v) is 9.58. The molecule has 2 unspecified atom stereocenters. The van der Waals surface area contributed by atoms with E-state index in [4.69, 9.17) is 15.2 Å². The highest BCUT2D eigenvalue weighted by molar-refractivity contribution is 5.79. The van der Waals surface area contributed by atoms with Crippen LogP contribution in [0.3, 0.4) is 0 Å². The lowest BCUT2D eigenvalue weighted by Gasteiger charge is -2.16. The van der Waals surface area contributed by atoms with E-state index in [1.54, 1.807) is 6.07 Å². The minimum atomic E-state index is -1.67. The fourth-order valence-corrected chi connectivity index (χ4v) is 1.34. The molecule has 4 N–H and O–H groups in total. The Kier molecular flexibility index (Phi) is 4.30. The topological polar surface area (TPSA) is 102 Å². The molecule has 0 saturated heterocycles. The molecule has 1 rings (SSSR count). The van der Waals surface area contributed by atoms with Crippen LogP contribution in [0.15, 0.2) is 18.2 Å². The molecule has 1 aromatic carbocycles. The number of hydrogen-bond donors (Lipinski definition) is 3. The summed E-state index contributed by atoms with van der Waals surface area (Å²) in [4.78, 5) is 10.8. The minimum Gasteiger partial charge on any atom is -0.497 e. The highest BCUT2D eigenvalue weighted by Gasteiger charge is 2.24. The van der Waals surface area contributed by atoms with Crippen molar-refractivity contribution < 1.29 is 24.5 Å². The van der Waals surface area contributed by atoms with Crippen molar-refractivity contribution in [3.05, 3.63) is 23.8 Å². The van der Waals surface area contributed by atoms with Crippen molar-refractivity contribution in [2.45, 2.75) is 12.2 Å². The number of carbonyl (C=O) groups excluding carboxylic acids is 1. The molecule has 1 amide bonds. The van der Waals surface area contributed by atoms with Crippen molar-refractivity contribution in [3.8, 4) is 11.5 Å². The number of methoxy groups -OCH3 is 2. The van der Waals surface area contributed by atoms with Gasteiger partial charge in [-0.15, -0.1) is 0 Å². The fraction of sp³-hybridized carbons (Fsp3) is 0.364. The number of aliphatic hydroxyl groups is 2. The van der Waals surface area contributed by atoms with Crippen LogP contribution < -0.4 is 15.2 Å². The van der Waals surface area contributed by atoms with E-state index < -0.39 is 18.1 Å². The van der Waals surface area contributed by atoms with Gasteiger partial charge in [-0.2, -0.15) is 0 Å². The van der Waals surface area contributed by atoms with Crippen LogP contribution in [-0.4, -0.2) is 36.4 Å². The first kappa shape index (κ1) is 13.3. The summed E-state index contributed by atoms with van der Waals surface area (Å²) in [6.45, 7) is 0. The Morgan fingerprint density at radius 3 is 2.00 bits per heavy atom. The maximum atomic E-state index is 10.8. The van der Waals surface area contributed by atoms with Crippen LogP contribution in [0, 0.1) is 0 Å². The summed E-state index contributed by atoms with van der Waals surface area (Å²) in [6, 6.07) is 4.57. The molecule has 17 heavy (non-hydrogen) atoms. The van der Waals surface area contributed by atoms with Crippen LogP contribution in [0.5, 0.6) is 11.5 Å². The molecule has 0 aliphatic heterocycles. The third kappa shape index (κ3) is 3.08. The number of ether oxygens (including phenoxy) is 2. The van der Waals surface area contributed by atoms with E-state index in [2.05, 4.69) is 0 Å². The maximum Gasteiger partial charge on any atom is 0.249 e. The molecule has 0 fully saturated rings. The highest BCUT2D eigenvalue weighted by atomic mass is 16.5. The largest absolute Gasteiger partial charge is 0.497 e. The Morgan fingerprint density at radius 1 is 1.18 bits per heavy atom. The van der Waals surface area contributed by atoms with Gasteiger partial charge < -0.3 is 25.4 Å². The lowest BCUT2D eigenvalue weighted by Crippen LogP contribution is -2.33. The van der Waals surface area contributed by atoms with Gasteiger partial charge in [0.15, 0.2) is 6.10 Å².